The molecule has 0 spiro atoms. The van der Waals surface area contributed by atoms with Crippen molar-refractivity contribution in [3.05, 3.63) is 76.3 Å². The normalized spacial score (nSPS) is 8.76. The Bertz CT molecular complexity index is 987. The van der Waals surface area contributed by atoms with Gasteiger partial charge in [0.1, 0.15) is 13.1 Å². The fourth-order valence-corrected chi connectivity index (χ4v) is 2.91. The molecule has 21 nitrogen and oxygen atoms in total. The average molecular weight is 751 g/mol. The van der Waals surface area contributed by atoms with Crippen molar-refractivity contribution in [2.75, 3.05) is 44.2 Å². The summed E-state index contributed by atoms with van der Waals surface area (Å²) in [6, 6.07) is 9.56. The van der Waals surface area contributed by atoms with E-state index in [1.807, 2.05) is 58.0 Å². The van der Waals surface area contributed by atoms with Crippen LogP contribution in [0.3, 0.4) is 0 Å². The van der Waals surface area contributed by atoms with Crippen molar-refractivity contribution in [1.82, 2.24) is 20.0 Å². The molecule has 22 heteroatoms. The van der Waals surface area contributed by atoms with E-state index < -0.39 is 15.3 Å². The molecular weight excluding hydrogens is 719 g/mol. The van der Waals surface area contributed by atoms with Crippen molar-refractivity contribution < 1.29 is 73.4 Å². The fourth-order valence-electron chi connectivity index (χ4n) is 2.91. The van der Waals surface area contributed by atoms with Gasteiger partial charge in [-0.05, 0) is 39.8 Å². The molecule has 0 bridgehead atoms. The summed E-state index contributed by atoms with van der Waals surface area (Å²) in [5, 5.41) is 52.4. The number of anilines is 1. The molecule has 2 amide bonds. The van der Waals surface area contributed by atoms with Gasteiger partial charge in [-0.2, -0.15) is 0 Å². The molecule has 0 aliphatic carbocycles. The Morgan fingerprint density at radius 2 is 1.05 bits per heavy atom. The van der Waals surface area contributed by atoms with Crippen LogP contribution in [-0.4, -0.2) is 86.3 Å². The fraction of sp³-hybridized carbons (Fsp3) is 0.500. The summed E-state index contributed by atoms with van der Waals surface area (Å²) < 4.78 is 5.79. The molecule has 2 rings (SSSR count). The Morgan fingerprint density at radius 1 is 0.714 bits per heavy atom. The number of nitrogens with zero attached hydrogens (tertiary/aromatic N) is 8. The van der Waals surface area contributed by atoms with Gasteiger partial charge in [-0.3, -0.25) is 9.59 Å². The van der Waals surface area contributed by atoms with Gasteiger partial charge in [0.05, 0.1) is 15.3 Å². The summed E-state index contributed by atoms with van der Waals surface area (Å²) in [6.45, 7) is 10.1. The zero-order valence-electron chi connectivity index (χ0n) is 23.0. The van der Waals surface area contributed by atoms with Gasteiger partial charge in [-0.1, -0.05) is 23.3 Å². The van der Waals surface area contributed by atoms with E-state index in [-0.39, 0.29) is 75.0 Å². The number of rotatable bonds is 10. The Labute approximate surface area is 269 Å². The molecule has 238 valence electrons. The van der Waals surface area contributed by atoms with Crippen molar-refractivity contribution in [3.8, 4) is 11.5 Å². The van der Waals surface area contributed by atoms with Gasteiger partial charge in [-0.25, -0.2) is 0 Å². The van der Waals surface area contributed by atoms with Crippen molar-refractivity contribution in [2.24, 2.45) is 0 Å². The van der Waals surface area contributed by atoms with Crippen LogP contribution in [0.25, 0.3) is 11.5 Å². The maximum atomic E-state index is 12.6. The number of likely N-dealkylation sites (N-methyl/N-ethyl adjacent to an activating group) is 2. The van der Waals surface area contributed by atoms with Gasteiger partial charge in [0, 0.05) is 31.7 Å². The topological polar surface area (TPSA) is 314 Å². The van der Waals surface area contributed by atoms with E-state index in [4.69, 9.17) is 50.4 Å². The molecule has 1 heterocycles. The van der Waals surface area contributed by atoms with Crippen LogP contribution in [0.2, 0.25) is 0 Å². The predicted octanol–water partition coefficient (Wildman–Crippen LogP) is 0.641. The summed E-state index contributed by atoms with van der Waals surface area (Å²) in [4.78, 5) is 55.0. The summed E-state index contributed by atoms with van der Waals surface area (Å²) in [5.74, 6) is 0.180. The van der Waals surface area contributed by atoms with E-state index >= 15 is 0 Å². The van der Waals surface area contributed by atoms with Gasteiger partial charge in [0.15, 0.2) is 0 Å². The molecule has 42 heavy (non-hydrogen) atoms. The van der Waals surface area contributed by atoms with Crippen LogP contribution in [0.4, 0.5) is 6.01 Å². The molecule has 1 aromatic carbocycles. The average Bonchev–Trinajstić information content (AvgIpc) is 3.35. The molecule has 3 N–H and O–H groups in total. The van der Waals surface area contributed by atoms with Crippen LogP contribution in [0.5, 0.6) is 0 Å². The molecule has 1 aromatic heterocycles. The quantitative estimate of drug-likeness (QED) is 0.183. The zero-order valence-corrected chi connectivity index (χ0v) is 25.2. The number of hydrogen-bond acceptors (Lipinski definition) is 15. The van der Waals surface area contributed by atoms with E-state index in [1.165, 1.54) is 0 Å². The first kappa shape index (κ1) is 44.9. The van der Waals surface area contributed by atoms with Crippen LogP contribution in [-0.2, 0) is 15.1 Å². The predicted molar refractivity (Wildman–Crippen MR) is 144 cm³/mol. The standard InChI is InChI=1S/C20H29N5O3.3NO3.H2O.Tb/c1-5-23(6-2)17(26)14-25(15-18(27)24(7-3)8-4)20-22-21-19(28-20)16-12-10-9-11-13-16;3*2-1(3)4;;/h9-13H,5-8,14-15H2,1-4H3;;;;1H2;/q;3*-1;;+3/p+1. The largest absolute Gasteiger partial charge is 3.00 e. The van der Waals surface area contributed by atoms with E-state index in [1.54, 1.807) is 14.7 Å². The number of carbonyl (C=O) groups excluding carboxylic acids is 2. The molecule has 0 unspecified atom stereocenters. The first-order valence-corrected chi connectivity index (χ1v) is 11.4. The zero-order chi connectivity index (χ0) is 31.3. The van der Waals surface area contributed by atoms with Gasteiger partial charge >= 0.3 is 44.6 Å². The molecule has 0 saturated carbocycles. The number of amides is 2. The number of benzene rings is 1. The van der Waals surface area contributed by atoms with E-state index in [0.29, 0.717) is 32.1 Å². The molecule has 0 saturated heterocycles. The summed E-state index contributed by atoms with van der Waals surface area (Å²) in [7, 11) is 0. The van der Waals surface area contributed by atoms with Gasteiger partial charge in [-0.15, -0.1) is 5.10 Å². The molecule has 0 atom stereocenters. The first-order valence-electron chi connectivity index (χ1n) is 11.4. The minimum atomic E-state index is -1.75. The third-order valence-electron chi connectivity index (χ3n) is 4.59. The second-order valence-corrected chi connectivity index (χ2v) is 6.91. The van der Waals surface area contributed by atoms with Crippen molar-refractivity contribution in [1.29, 1.82) is 0 Å². The Morgan fingerprint density at radius 3 is 1.36 bits per heavy atom. The van der Waals surface area contributed by atoms with E-state index in [0.717, 1.165) is 5.56 Å². The van der Waals surface area contributed by atoms with Crippen molar-refractivity contribution >= 4 is 17.8 Å². The number of carbonyl (C=O) groups is 2. The van der Waals surface area contributed by atoms with Crippen molar-refractivity contribution in [2.45, 2.75) is 27.7 Å². The Balaban J connectivity index is -0.000000439. The number of hydrogen-bond donors (Lipinski definition) is 0. The molecular formula is C20H32N8O13Tb+. The minimum Gasteiger partial charge on any atom is -0.457 e. The molecule has 0 aliphatic heterocycles. The summed E-state index contributed by atoms with van der Waals surface area (Å²) >= 11 is 0. The maximum Gasteiger partial charge on any atom is 3.00 e. The monoisotopic (exact) mass is 751 g/mol. The molecule has 0 aliphatic rings. The molecule has 0 radical (unpaired) electrons. The summed E-state index contributed by atoms with van der Waals surface area (Å²) in [5.41, 5.74) is 0.784. The van der Waals surface area contributed by atoms with Gasteiger partial charge in [0.25, 0.3) is 0 Å². The van der Waals surface area contributed by atoms with Crippen LogP contribution in [0.15, 0.2) is 34.7 Å². The number of aromatic nitrogens is 2. The second-order valence-electron chi connectivity index (χ2n) is 6.91. The van der Waals surface area contributed by atoms with Crippen LogP contribution in [0, 0.1) is 84.6 Å². The molecule has 0 fully saturated rings. The smallest absolute Gasteiger partial charge is 0.457 e. The van der Waals surface area contributed by atoms with Crippen molar-refractivity contribution in [3.63, 3.8) is 0 Å². The van der Waals surface area contributed by atoms with Gasteiger partial charge in [0.2, 0.25) is 17.7 Å². The van der Waals surface area contributed by atoms with Crippen LogP contribution in [0.1, 0.15) is 27.7 Å². The minimum absolute atomic E-state index is 0. The second kappa shape index (κ2) is 25.9. The van der Waals surface area contributed by atoms with E-state index in [9.17, 15) is 9.59 Å². The first-order chi connectivity index (χ1) is 18.7. The Kier molecular flexibility index (Phi) is 27.7. The van der Waals surface area contributed by atoms with E-state index in [2.05, 4.69) is 10.2 Å². The van der Waals surface area contributed by atoms with Crippen LogP contribution >= 0.6 is 0 Å². The third kappa shape index (κ3) is 21.7. The van der Waals surface area contributed by atoms with Crippen LogP contribution < -0.4 is 4.90 Å². The summed E-state index contributed by atoms with van der Waals surface area (Å²) in [6.07, 6.45) is 0. The van der Waals surface area contributed by atoms with Gasteiger partial charge < -0.3 is 70.6 Å². The third-order valence-corrected chi connectivity index (χ3v) is 4.59. The maximum absolute atomic E-state index is 12.6. The SMILES string of the molecule is CCN(CC)C(=O)CN(CC(=O)N(CC)CC)c1nnc(-c2ccccc2)o1.O=[N+]([O-])[O-].O=[N+]([O-])[O-].O=[N+]([O-])[O-].[OH3+].[Tb+3]. The Hall–Kier alpha value is -4.05. The molecule has 2 aromatic rings.